The molecule has 0 saturated carbocycles. The first-order chi connectivity index (χ1) is 10.9. The lowest BCUT2D eigenvalue weighted by atomic mass is 10.1. The molecule has 0 aliphatic carbocycles. The lowest BCUT2D eigenvalue weighted by molar-refractivity contribution is -0.123. The number of aromatic amines is 2. The molecule has 0 aromatic carbocycles. The Kier molecular flexibility index (Phi) is 6.54. The normalized spacial score (nSPS) is 14.0. The van der Waals surface area contributed by atoms with Crippen LogP contribution >= 0.6 is 24.4 Å². The van der Waals surface area contributed by atoms with Gasteiger partial charge in [-0.05, 0) is 36.6 Å². The SMILES string of the molecule is CC.O=C1NC(=S)NC(=O)C1=C/C=C/c1c(O)[nH]c(=S)[nH]c1=O. The Labute approximate surface area is 141 Å². The number of hydrogen-bond acceptors (Lipinski definition) is 6. The quantitative estimate of drug-likeness (QED) is 0.301. The van der Waals surface area contributed by atoms with E-state index in [0.29, 0.717) is 0 Å². The second kappa shape index (κ2) is 8.15. The minimum absolute atomic E-state index is 0.0208. The first-order valence-corrected chi connectivity index (χ1v) is 7.30. The Bertz CT molecular complexity index is 798. The zero-order valence-corrected chi connectivity index (χ0v) is 13.9. The van der Waals surface area contributed by atoms with E-state index in [-0.39, 0.29) is 21.0 Å². The number of aromatic nitrogens is 2. The van der Waals surface area contributed by atoms with Gasteiger partial charge in [0.1, 0.15) is 5.57 Å². The third-order valence-corrected chi connectivity index (χ3v) is 2.84. The average molecular weight is 354 g/mol. The summed E-state index contributed by atoms with van der Waals surface area (Å²) in [5.74, 6) is -1.73. The van der Waals surface area contributed by atoms with Crippen LogP contribution in [0.5, 0.6) is 5.88 Å². The van der Waals surface area contributed by atoms with Crippen molar-refractivity contribution >= 4 is 47.4 Å². The van der Waals surface area contributed by atoms with E-state index in [1.54, 1.807) is 0 Å². The monoisotopic (exact) mass is 354 g/mol. The predicted molar refractivity (Wildman–Crippen MR) is 91.3 cm³/mol. The summed E-state index contributed by atoms with van der Waals surface area (Å²) >= 11 is 9.33. The zero-order chi connectivity index (χ0) is 17.6. The van der Waals surface area contributed by atoms with Gasteiger partial charge in [0.15, 0.2) is 9.88 Å². The molecule has 1 aliphatic rings. The van der Waals surface area contributed by atoms with Crippen molar-refractivity contribution in [3.05, 3.63) is 38.4 Å². The van der Waals surface area contributed by atoms with Crippen LogP contribution < -0.4 is 16.2 Å². The highest BCUT2D eigenvalue weighted by atomic mass is 32.1. The molecule has 122 valence electrons. The Morgan fingerprint density at radius 1 is 1.00 bits per heavy atom. The predicted octanol–water partition coefficient (Wildman–Crippen LogP) is 0.635. The summed E-state index contributed by atoms with van der Waals surface area (Å²) in [4.78, 5) is 39.3. The number of nitrogens with one attached hydrogen (secondary N) is 4. The van der Waals surface area contributed by atoms with Crippen LogP contribution in [0.4, 0.5) is 0 Å². The van der Waals surface area contributed by atoms with Crippen molar-refractivity contribution in [1.82, 2.24) is 20.6 Å². The number of carbonyl (C=O) groups is 2. The molecule has 0 unspecified atom stereocenters. The molecule has 23 heavy (non-hydrogen) atoms. The third kappa shape index (κ3) is 4.69. The van der Waals surface area contributed by atoms with Gasteiger partial charge in [0.25, 0.3) is 17.4 Å². The number of rotatable bonds is 2. The van der Waals surface area contributed by atoms with Crippen LogP contribution in [0.3, 0.4) is 0 Å². The van der Waals surface area contributed by atoms with Crippen LogP contribution in [0.15, 0.2) is 22.5 Å². The summed E-state index contributed by atoms with van der Waals surface area (Å²) in [5.41, 5.74) is -0.878. The topological polar surface area (TPSA) is 127 Å². The number of aromatic hydroxyl groups is 1. The molecule has 0 spiro atoms. The second-order valence-electron chi connectivity index (χ2n) is 3.85. The Hall–Kier alpha value is -2.59. The first-order valence-electron chi connectivity index (χ1n) is 6.49. The Morgan fingerprint density at radius 3 is 2.09 bits per heavy atom. The summed E-state index contributed by atoms with van der Waals surface area (Å²) in [5, 5.41) is 14.0. The van der Waals surface area contributed by atoms with Crippen LogP contribution in [0.2, 0.25) is 0 Å². The molecule has 1 aromatic rings. The van der Waals surface area contributed by atoms with E-state index in [2.05, 4.69) is 45.0 Å². The molecule has 1 fully saturated rings. The van der Waals surface area contributed by atoms with Crippen molar-refractivity contribution in [3.8, 4) is 5.88 Å². The van der Waals surface area contributed by atoms with Gasteiger partial charge in [0, 0.05) is 0 Å². The van der Waals surface area contributed by atoms with Crippen LogP contribution in [0, 0.1) is 4.77 Å². The second-order valence-corrected chi connectivity index (χ2v) is 4.66. The van der Waals surface area contributed by atoms with Crippen LogP contribution in [-0.2, 0) is 9.59 Å². The van der Waals surface area contributed by atoms with Crippen molar-refractivity contribution in [2.75, 3.05) is 0 Å². The van der Waals surface area contributed by atoms with Gasteiger partial charge in [-0.1, -0.05) is 19.9 Å². The molecule has 2 rings (SSSR count). The number of allylic oxidation sites excluding steroid dienone is 2. The summed E-state index contributed by atoms with van der Waals surface area (Å²) in [6, 6.07) is 0. The molecule has 10 heteroatoms. The molecule has 1 aliphatic heterocycles. The highest BCUT2D eigenvalue weighted by Crippen LogP contribution is 2.09. The molecule has 0 bridgehead atoms. The van der Waals surface area contributed by atoms with Gasteiger partial charge in [0.05, 0.1) is 5.56 Å². The number of hydrogen-bond donors (Lipinski definition) is 5. The van der Waals surface area contributed by atoms with Crippen LogP contribution in [0.1, 0.15) is 19.4 Å². The van der Waals surface area contributed by atoms with E-state index in [9.17, 15) is 19.5 Å². The highest BCUT2D eigenvalue weighted by molar-refractivity contribution is 7.80. The minimum Gasteiger partial charge on any atom is -0.494 e. The lowest BCUT2D eigenvalue weighted by Gasteiger charge is -2.15. The standard InChI is InChI=1S/C11H8N4O4S2.C2H6/c16-6-4(7(17)13-10(20)12-6)2-1-3-5-8(18)14-11(21)15-9(5)19;1-2/h1-3H,(H2,12,13,16,17,20)(H3,14,15,18,19,21);1-2H3/b3-1+;. The smallest absolute Gasteiger partial charge is 0.263 e. The number of amides is 2. The molecule has 5 N–H and O–H groups in total. The van der Waals surface area contributed by atoms with E-state index in [1.165, 1.54) is 18.2 Å². The fraction of sp³-hybridized carbons (Fsp3) is 0.154. The largest absolute Gasteiger partial charge is 0.494 e. The number of thiocarbonyl (C=S) groups is 1. The van der Waals surface area contributed by atoms with Gasteiger partial charge in [-0.3, -0.25) is 30.0 Å². The van der Waals surface area contributed by atoms with Crippen molar-refractivity contribution in [2.45, 2.75) is 13.8 Å². The summed E-state index contributed by atoms with van der Waals surface area (Å²) in [6.45, 7) is 4.00. The maximum Gasteiger partial charge on any atom is 0.263 e. The van der Waals surface area contributed by atoms with E-state index in [1.807, 2.05) is 13.8 Å². The fourth-order valence-electron chi connectivity index (χ4n) is 1.51. The van der Waals surface area contributed by atoms with E-state index in [4.69, 9.17) is 0 Å². The lowest BCUT2D eigenvalue weighted by Crippen LogP contribution is -2.51. The molecule has 1 aromatic heterocycles. The van der Waals surface area contributed by atoms with Gasteiger partial charge in [-0.2, -0.15) is 0 Å². The van der Waals surface area contributed by atoms with Crippen LogP contribution in [0.25, 0.3) is 6.08 Å². The average Bonchev–Trinajstić information content (AvgIpc) is 2.46. The molecular weight excluding hydrogens is 340 g/mol. The molecule has 0 radical (unpaired) electrons. The maximum absolute atomic E-state index is 11.6. The molecule has 1 saturated heterocycles. The molecule has 0 atom stereocenters. The zero-order valence-electron chi connectivity index (χ0n) is 12.2. The molecule has 2 amide bonds. The van der Waals surface area contributed by atoms with Crippen molar-refractivity contribution < 1.29 is 14.7 Å². The van der Waals surface area contributed by atoms with Gasteiger partial charge >= 0.3 is 0 Å². The fourth-order valence-corrected chi connectivity index (χ4v) is 1.88. The molecule has 8 nitrogen and oxygen atoms in total. The highest BCUT2D eigenvalue weighted by Gasteiger charge is 2.24. The van der Waals surface area contributed by atoms with E-state index in [0.717, 1.165) is 0 Å². The van der Waals surface area contributed by atoms with Gasteiger partial charge in [-0.25, -0.2) is 0 Å². The van der Waals surface area contributed by atoms with Crippen LogP contribution in [-0.4, -0.2) is 32.0 Å². The summed E-state index contributed by atoms with van der Waals surface area (Å²) in [7, 11) is 0. The summed E-state index contributed by atoms with van der Waals surface area (Å²) in [6.07, 6.45) is 3.68. The van der Waals surface area contributed by atoms with Crippen molar-refractivity contribution in [2.24, 2.45) is 0 Å². The van der Waals surface area contributed by atoms with Gasteiger partial charge < -0.3 is 10.1 Å². The molecule has 2 heterocycles. The Morgan fingerprint density at radius 2 is 1.57 bits per heavy atom. The van der Waals surface area contributed by atoms with Crippen molar-refractivity contribution in [3.63, 3.8) is 0 Å². The number of H-pyrrole nitrogens is 2. The van der Waals surface area contributed by atoms with Crippen molar-refractivity contribution in [1.29, 1.82) is 0 Å². The minimum atomic E-state index is -0.654. The van der Waals surface area contributed by atoms with E-state index < -0.39 is 23.3 Å². The summed E-state index contributed by atoms with van der Waals surface area (Å²) < 4.78 is -0.0208. The first kappa shape index (κ1) is 18.5. The number of carbonyl (C=O) groups excluding carboxylic acids is 2. The van der Waals surface area contributed by atoms with E-state index >= 15 is 0 Å². The Balaban J connectivity index is 0.00000127. The van der Waals surface area contributed by atoms with Gasteiger partial charge in [-0.15, -0.1) is 0 Å². The molecular formula is C13H14N4O4S2. The maximum atomic E-state index is 11.6. The van der Waals surface area contributed by atoms with Gasteiger partial charge in [0.2, 0.25) is 5.88 Å². The third-order valence-electron chi connectivity index (χ3n) is 2.43.